The van der Waals surface area contributed by atoms with Crippen molar-refractivity contribution in [2.75, 3.05) is 18.8 Å². The zero-order valence-electron chi connectivity index (χ0n) is 20.7. The number of aliphatic imine (C=N–C) groups is 1. The van der Waals surface area contributed by atoms with E-state index in [4.69, 9.17) is 15.5 Å². The Labute approximate surface area is 216 Å². The highest BCUT2D eigenvalue weighted by Crippen LogP contribution is 2.41. The second-order valence-corrected chi connectivity index (χ2v) is 10.9. The van der Waals surface area contributed by atoms with E-state index in [1.54, 1.807) is 0 Å². The number of ether oxygens (including phenoxy) is 1. The molecule has 0 spiro atoms. The smallest absolute Gasteiger partial charge is 0.159 e. The number of amidine groups is 1. The molecule has 2 aliphatic heterocycles. The van der Waals surface area contributed by atoms with Gasteiger partial charge in [0.05, 0.1) is 35.4 Å². The van der Waals surface area contributed by atoms with Gasteiger partial charge in [-0.1, -0.05) is 12.5 Å². The Bertz CT molecular complexity index is 1580. The van der Waals surface area contributed by atoms with Crippen molar-refractivity contribution in [2.24, 2.45) is 4.99 Å². The number of likely N-dealkylation sites (tertiary alicyclic amines) is 1. The van der Waals surface area contributed by atoms with Crippen LogP contribution in [-0.2, 0) is 18.0 Å². The van der Waals surface area contributed by atoms with Crippen molar-refractivity contribution in [3.05, 3.63) is 39.1 Å². The number of halogens is 1. The molecule has 4 heterocycles. The summed E-state index contributed by atoms with van der Waals surface area (Å²) in [5.74, 6) is 0.544. The highest BCUT2D eigenvalue weighted by atomic mass is 32.1. The fraction of sp³-hybridized carbons (Fsp3) is 0.370. The fourth-order valence-corrected chi connectivity index (χ4v) is 6.83. The quantitative estimate of drug-likeness (QED) is 0.321. The molecule has 1 saturated heterocycles. The number of hydrogen-bond donors (Lipinski definition) is 1. The molecule has 1 unspecified atom stereocenters. The van der Waals surface area contributed by atoms with Crippen molar-refractivity contribution in [1.29, 1.82) is 5.26 Å². The molecule has 3 aromatic rings. The SMILES string of the molecule is CCC(C)=c1c(P)c(-c2ncc(F)c3sc(N)c(C#N)c23)c2c(/c1=C/N=C(C)N1CCCC1)COC2. The molecule has 2 aliphatic rings. The average Bonchev–Trinajstić information content (AvgIpc) is 3.63. The van der Waals surface area contributed by atoms with Crippen LogP contribution in [0.15, 0.2) is 11.2 Å². The highest BCUT2D eigenvalue weighted by Gasteiger charge is 2.27. The number of nitrogens with two attached hydrogens (primary N) is 1. The van der Waals surface area contributed by atoms with Gasteiger partial charge in [-0.05, 0) is 54.8 Å². The number of rotatable bonds is 3. The number of nitrogens with zero attached hydrogens (tertiary/aromatic N) is 4. The number of hydrogen-bond acceptors (Lipinski definition) is 6. The minimum Gasteiger partial charge on any atom is -0.389 e. The molecule has 0 saturated carbocycles. The molecule has 186 valence electrons. The minimum atomic E-state index is -0.474. The molecule has 0 amide bonds. The third kappa shape index (κ3) is 4.00. The second kappa shape index (κ2) is 9.89. The van der Waals surface area contributed by atoms with Crippen molar-refractivity contribution in [1.82, 2.24) is 9.88 Å². The number of pyridine rings is 1. The number of anilines is 1. The summed E-state index contributed by atoms with van der Waals surface area (Å²) in [6.07, 6.45) is 6.46. The normalized spacial score (nSPS) is 17.2. The third-order valence-corrected chi connectivity index (χ3v) is 8.84. The first-order valence-corrected chi connectivity index (χ1v) is 13.5. The second-order valence-electron chi connectivity index (χ2n) is 9.27. The van der Waals surface area contributed by atoms with Gasteiger partial charge >= 0.3 is 0 Å². The number of aromatic nitrogens is 1. The van der Waals surface area contributed by atoms with Gasteiger partial charge in [-0.15, -0.1) is 20.6 Å². The molecule has 1 atom stereocenters. The van der Waals surface area contributed by atoms with Gasteiger partial charge in [-0.2, -0.15) is 5.26 Å². The maximum atomic E-state index is 14.7. The molecule has 0 bridgehead atoms. The first kappa shape index (κ1) is 24.8. The summed E-state index contributed by atoms with van der Waals surface area (Å²) in [6, 6.07) is 2.17. The van der Waals surface area contributed by atoms with Crippen LogP contribution in [0.25, 0.3) is 33.1 Å². The summed E-state index contributed by atoms with van der Waals surface area (Å²) in [7, 11) is 2.89. The molecule has 9 heteroatoms. The summed E-state index contributed by atoms with van der Waals surface area (Å²) in [5.41, 5.74) is 11.1. The summed E-state index contributed by atoms with van der Waals surface area (Å²) in [4.78, 5) is 11.7. The summed E-state index contributed by atoms with van der Waals surface area (Å²) in [5, 5.41) is 13.7. The van der Waals surface area contributed by atoms with E-state index in [0.717, 1.165) is 69.1 Å². The van der Waals surface area contributed by atoms with Crippen LogP contribution in [0.5, 0.6) is 0 Å². The Morgan fingerprint density at radius 3 is 2.75 bits per heavy atom. The van der Waals surface area contributed by atoms with E-state index in [1.165, 1.54) is 24.6 Å². The van der Waals surface area contributed by atoms with Gasteiger partial charge in [0.25, 0.3) is 0 Å². The van der Waals surface area contributed by atoms with E-state index in [-0.39, 0.29) is 5.56 Å². The molecule has 1 aromatic carbocycles. The van der Waals surface area contributed by atoms with E-state index in [0.29, 0.717) is 34.0 Å². The first-order chi connectivity index (χ1) is 17.4. The van der Waals surface area contributed by atoms with Crippen LogP contribution in [0.1, 0.15) is 56.7 Å². The van der Waals surface area contributed by atoms with Crippen LogP contribution in [0.4, 0.5) is 9.39 Å². The van der Waals surface area contributed by atoms with Crippen LogP contribution in [0.2, 0.25) is 0 Å². The van der Waals surface area contributed by atoms with Crippen molar-refractivity contribution in [3.8, 4) is 17.3 Å². The summed E-state index contributed by atoms with van der Waals surface area (Å²) < 4.78 is 21.1. The zero-order chi connectivity index (χ0) is 25.6. The van der Waals surface area contributed by atoms with Crippen LogP contribution in [0.3, 0.4) is 0 Å². The predicted molar refractivity (Wildman–Crippen MR) is 149 cm³/mol. The molecule has 0 radical (unpaired) electrons. The summed E-state index contributed by atoms with van der Waals surface area (Å²) >= 11 is 1.09. The molecule has 2 aromatic heterocycles. The Balaban J connectivity index is 1.87. The van der Waals surface area contributed by atoms with E-state index in [2.05, 4.69) is 46.0 Å². The number of nitriles is 1. The van der Waals surface area contributed by atoms with Gasteiger partial charge in [-0.25, -0.2) is 9.38 Å². The van der Waals surface area contributed by atoms with E-state index in [9.17, 15) is 9.65 Å². The van der Waals surface area contributed by atoms with Gasteiger partial charge in [0, 0.05) is 35.5 Å². The van der Waals surface area contributed by atoms with E-state index >= 15 is 0 Å². The van der Waals surface area contributed by atoms with Crippen molar-refractivity contribution >= 4 is 58.6 Å². The van der Waals surface area contributed by atoms with Crippen LogP contribution in [-0.4, -0.2) is 28.8 Å². The molecule has 5 rings (SSSR count). The minimum absolute atomic E-state index is 0.272. The Morgan fingerprint density at radius 2 is 2.06 bits per heavy atom. The van der Waals surface area contributed by atoms with E-state index in [1.807, 2.05) is 6.20 Å². The molecule has 36 heavy (non-hydrogen) atoms. The number of benzene rings is 1. The maximum Gasteiger partial charge on any atom is 0.159 e. The monoisotopic (exact) mass is 521 g/mol. The van der Waals surface area contributed by atoms with Crippen molar-refractivity contribution in [3.63, 3.8) is 0 Å². The number of thiophene rings is 1. The highest BCUT2D eigenvalue weighted by molar-refractivity contribution is 7.28. The van der Waals surface area contributed by atoms with Crippen LogP contribution in [0, 0.1) is 17.1 Å². The average molecular weight is 522 g/mol. The lowest BCUT2D eigenvalue weighted by Gasteiger charge is -2.17. The lowest BCUT2D eigenvalue weighted by Crippen LogP contribution is -2.41. The van der Waals surface area contributed by atoms with Crippen molar-refractivity contribution < 1.29 is 9.13 Å². The largest absolute Gasteiger partial charge is 0.389 e. The van der Waals surface area contributed by atoms with Crippen molar-refractivity contribution in [2.45, 2.75) is 53.2 Å². The fourth-order valence-electron chi connectivity index (χ4n) is 5.19. The van der Waals surface area contributed by atoms with Gasteiger partial charge < -0.3 is 15.4 Å². The molecular weight excluding hydrogens is 492 g/mol. The van der Waals surface area contributed by atoms with Gasteiger partial charge in [0.1, 0.15) is 16.9 Å². The predicted octanol–water partition coefficient (Wildman–Crippen LogP) is 3.92. The first-order valence-electron chi connectivity index (χ1n) is 12.1. The molecule has 6 nitrogen and oxygen atoms in total. The Morgan fingerprint density at radius 1 is 1.33 bits per heavy atom. The molecular formula is C27H29FN5OPS. The van der Waals surface area contributed by atoms with E-state index < -0.39 is 5.82 Å². The van der Waals surface area contributed by atoms with Gasteiger partial charge in [-0.3, -0.25) is 4.98 Å². The Hall–Kier alpha value is -2.85. The maximum absolute atomic E-state index is 14.7. The number of nitrogen functional groups attached to an aromatic ring is 1. The van der Waals surface area contributed by atoms with Gasteiger partial charge in [0.2, 0.25) is 0 Å². The summed E-state index contributed by atoms with van der Waals surface area (Å²) in [6.45, 7) is 9.28. The third-order valence-electron chi connectivity index (χ3n) is 7.24. The molecule has 1 fully saturated rings. The molecule has 0 aliphatic carbocycles. The van der Waals surface area contributed by atoms with Gasteiger partial charge in [0.15, 0.2) is 5.82 Å². The standard InChI is InChI=1S/C27H29FN5OPS/c1-4-14(2)21-17(10-31-15(3)33-7-5-6-8-33)18-12-34-13-19(18)22(25(21)35)24-23-16(9-29)27(30)36-26(23)20(28)11-32-24/h10-11H,4-8,12-13,30,35H2,1-3H3/b17-10-,21-14?,31-15?. The lowest BCUT2D eigenvalue weighted by molar-refractivity contribution is 0.134. The topological polar surface area (TPSA) is 87.5 Å². The molecule has 2 N–H and O–H groups in total. The van der Waals surface area contributed by atoms with Crippen LogP contribution >= 0.6 is 20.6 Å². The lowest BCUT2D eigenvalue weighted by atomic mass is 9.93. The number of fused-ring (bicyclic) bond motifs is 2. The Kier molecular flexibility index (Phi) is 6.82. The van der Waals surface area contributed by atoms with Crippen LogP contribution < -0.4 is 21.5 Å². The zero-order valence-corrected chi connectivity index (χ0v) is 22.7.